The second-order valence-electron chi connectivity index (χ2n) is 4.37. The van der Waals surface area contributed by atoms with E-state index in [4.69, 9.17) is 0 Å². The second-order valence-corrected chi connectivity index (χ2v) is 5.22. The molecule has 2 aromatic heterocycles. The number of hydrogen-bond acceptors (Lipinski definition) is 4. The molecule has 0 amide bonds. The summed E-state index contributed by atoms with van der Waals surface area (Å²) in [6, 6.07) is 3.78. The Morgan fingerprint density at radius 3 is 2.83 bits per heavy atom. The van der Waals surface area contributed by atoms with Crippen LogP contribution in [0.4, 0.5) is 0 Å². The van der Waals surface area contributed by atoms with Gasteiger partial charge in [0.05, 0.1) is 12.3 Å². The maximum atomic E-state index is 9.31. The summed E-state index contributed by atoms with van der Waals surface area (Å²) in [4.78, 5) is 13.2. The van der Waals surface area contributed by atoms with Crippen LogP contribution in [0.25, 0.3) is 11.5 Å². The SMILES string of the molecule is OCc1cnc(-c2ncccc2Br)nc1C1CC1. The second kappa shape index (κ2) is 4.74. The third-order valence-electron chi connectivity index (χ3n) is 3.00. The maximum Gasteiger partial charge on any atom is 0.179 e. The first kappa shape index (κ1) is 11.7. The number of aliphatic hydroxyl groups is 1. The molecule has 2 aromatic rings. The molecule has 1 aliphatic rings. The van der Waals surface area contributed by atoms with Crippen LogP contribution >= 0.6 is 15.9 Å². The third kappa shape index (κ3) is 2.15. The van der Waals surface area contributed by atoms with E-state index in [-0.39, 0.29) is 6.61 Å². The van der Waals surface area contributed by atoms with E-state index in [1.165, 1.54) is 0 Å². The summed E-state index contributed by atoms with van der Waals surface area (Å²) in [7, 11) is 0. The molecule has 1 aliphatic carbocycles. The van der Waals surface area contributed by atoms with Crippen LogP contribution in [0.1, 0.15) is 30.0 Å². The van der Waals surface area contributed by atoms with Crippen LogP contribution in [0.3, 0.4) is 0 Å². The van der Waals surface area contributed by atoms with Crippen LogP contribution in [-0.2, 0) is 6.61 Å². The zero-order valence-electron chi connectivity index (χ0n) is 9.67. The highest BCUT2D eigenvalue weighted by Crippen LogP contribution is 2.41. The lowest BCUT2D eigenvalue weighted by Gasteiger charge is -2.08. The Hall–Kier alpha value is -1.33. The zero-order chi connectivity index (χ0) is 12.5. The van der Waals surface area contributed by atoms with Crippen LogP contribution in [0.5, 0.6) is 0 Å². The van der Waals surface area contributed by atoms with Crippen molar-refractivity contribution in [2.45, 2.75) is 25.4 Å². The van der Waals surface area contributed by atoms with E-state index in [0.717, 1.165) is 34.3 Å². The molecule has 18 heavy (non-hydrogen) atoms. The lowest BCUT2D eigenvalue weighted by molar-refractivity contribution is 0.279. The fourth-order valence-electron chi connectivity index (χ4n) is 1.92. The van der Waals surface area contributed by atoms with E-state index >= 15 is 0 Å². The molecule has 1 N–H and O–H groups in total. The highest BCUT2D eigenvalue weighted by atomic mass is 79.9. The molecule has 0 spiro atoms. The van der Waals surface area contributed by atoms with Crippen molar-refractivity contribution in [1.82, 2.24) is 15.0 Å². The number of pyridine rings is 1. The van der Waals surface area contributed by atoms with Gasteiger partial charge in [-0.15, -0.1) is 0 Å². The highest BCUT2D eigenvalue weighted by molar-refractivity contribution is 9.10. The normalized spacial score (nSPS) is 14.8. The van der Waals surface area contributed by atoms with Gasteiger partial charge in [-0.05, 0) is 40.9 Å². The predicted octanol–water partition coefficient (Wildman–Crippen LogP) is 2.67. The summed E-state index contributed by atoms with van der Waals surface area (Å²) in [6.07, 6.45) is 5.72. The van der Waals surface area contributed by atoms with Crippen LogP contribution in [0.15, 0.2) is 29.0 Å². The topological polar surface area (TPSA) is 58.9 Å². The van der Waals surface area contributed by atoms with Crippen molar-refractivity contribution in [3.8, 4) is 11.5 Å². The minimum Gasteiger partial charge on any atom is -0.392 e. The van der Waals surface area contributed by atoms with Gasteiger partial charge in [-0.1, -0.05) is 0 Å². The molecule has 0 radical (unpaired) electrons. The van der Waals surface area contributed by atoms with Crippen molar-refractivity contribution in [2.75, 3.05) is 0 Å². The Balaban J connectivity index is 2.08. The molecule has 1 fully saturated rings. The highest BCUT2D eigenvalue weighted by Gasteiger charge is 2.28. The Morgan fingerprint density at radius 2 is 2.17 bits per heavy atom. The molecule has 0 saturated heterocycles. The van der Waals surface area contributed by atoms with E-state index in [0.29, 0.717) is 11.7 Å². The lowest BCUT2D eigenvalue weighted by Crippen LogP contribution is -2.02. The van der Waals surface area contributed by atoms with E-state index in [2.05, 4.69) is 30.9 Å². The molecule has 0 unspecified atom stereocenters. The van der Waals surface area contributed by atoms with E-state index in [1.54, 1.807) is 12.4 Å². The molecule has 2 heterocycles. The Bertz CT molecular complexity index is 584. The predicted molar refractivity (Wildman–Crippen MR) is 70.9 cm³/mol. The monoisotopic (exact) mass is 305 g/mol. The van der Waals surface area contributed by atoms with Crippen LogP contribution in [0.2, 0.25) is 0 Å². The molecule has 0 aliphatic heterocycles. The van der Waals surface area contributed by atoms with Crippen molar-refractivity contribution < 1.29 is 5.11 Å². The minimum atomic E-state index is -0.00446. The Morgan fingerprint density at radius 1 is 1.33 bits per heavy atom. The largest absolute Gasteiger partial charge is 0.392 e. The number of aromatic nitrogens is 3. The van der Waals surface area contributed by atoms with Gasteiger partial charge in [0.25, 0.3) is 0 Å². The van der Waals surface area contributed by atoms with Crippen LogP contribution < -0.4 is 0 Å². The first-order valence-corrected chi connectivity index (χ1v) is 6.66. The number of halogens is 1. The van der Waals surface area contributed by atoms with Crippen LogP contribution in [-0.4, -0.2) is 20.1 Å². The average molecular weight is 306 g/mol. The molecule has 0 bridgehead atoms. The van der Waals surface area contributed by atoms with Gasteiger partial charge in [0.2, 0.25) is 0 Å². The number of hydrogen-bond donors (Lipinski definition) is 1. The van der Waals surface area contributed by atoms with E-state index in [9.17, 15) is 5.11 Å². The zero-order valence-corrected chi connectivity index (χ0v) is 11.3. The molecular formula is C13H12BrN3O. The Labute approximate surface area is 113 Å². The quantitative estimate of drug-likeness (QED) is 0.947. The molecule has 4 nitrogen and oxygen atoms in total. The van der Waals surface area contributed by atoms with Crippen LogP contribution in [0, 0.1) is 0 Å². The number of nitrogens with zero attached hydrogens (tertiary/aromatic N) is 3. The fraction of sp³-hybridized carbons (Fsp3) is 0.308. The van der Waals surface area contributed by atoms with E-state index < -0.39 is 0 Å². The molecule has 3 rings (SSSR count). The fourth-order valence-corrected chi connectivity index (χ4v) is 2.35. The summed E-state index contributed by atoms with van der Waals surface area (Å²) in [6.45, 7) is -0.00446. The number of rotatable bonds is 3. The maximum absolute atomic E-state index is 9.31. The van der Waals surface area contributed by atoms with Gasteiger partial charge >= 0.3 is 0 Å². The third-order valence-corrected chi connectivity index (χ3v) is 3.64. The number of aliphatic hydroxyl groups excluding tert-OH is 1. The first-order valence-electron chi connectivity index (χ1n) is 5.87. The van der Waals surface area contributed by atoms with Gasteiger partial charge in [0, 0.05) is 28.3 Å². The molecule has 92 valence electrons. The van der Waals surface area contributed by atoms with Gasteiger partial charge in [-0.2, -0.15) is 0 Å². The molecular weight excluding hydrogens is 294 g/mol. The van der Waals surface area contributed by atoms with Gasteiger partial charge in [-0.3, -0.25) is 4.98 Å². The van der Waals surface area contributed by atoms with Gasteiger partial charge in [-0.25, -0.2) is 9.97 Å². The molecule has 1 saturated carbocycles. The lowest BCUT2D eigenvalue weighted by atomic mass is 10.1. The van der Waals surface area contributed by atoms with Gasteiger partial charge < -0.3 is 5.11 Å². The Kier molecular flexibility index (Phi) is 3.09. The summed E-state index contributed by atoms with van der Waals surface area (Å²) in [5.74, 6) is 1.10. The minimum absolute atomic E-state index is 0.00446. The van der Waals surface area contributed by atoms with Crippen molar-refractivity contribution in [3.05, 3.63) is 40.3 Å². The summed E-state index contributed by atoms with van der Waals surface area (Å²) < 4.78 is 0.878. The van der Waals surface area contributed by atoms with Crippen molar-refractivity contribution >= 4 is 15.9 Å². The summed E-state index contributed by atoms with van der Waals surface area (Å²) >= 11 is 3.45. The van der Waals surface area contributed by atoms with Crippen molar-refractivity contribution in [3.63, 3.8) is 0 Å². The average Bonchev–Trinajstić information content (AvgIpc) is 3.23. The molecule has 5 heteroatoms. The van der Waals surface area contributed by atoms with Crippen molar-refractivity contribution in [2.24, 2.45) is 0 Å². The smallest absolute Gasteiger partial charge is 0.179 e. The van der Waals surface area contributed by atoms with Crippen molar-refractivity contribution in [1.29, 1.82) is 0 Å². The van der Waals surface area contributed by atoms with Gasteiger partial charge in [0.15, 0.2) is 5.82 Å². The summed E-state index contributed by atoms with van der Waals surface area (Å²) in [5.41, 5.74) is 2.54. The summed E-state index contributed by atoms with van der Waals surface area (Å²) in [5, 5.41) is 9.31. The van der Waals surface area contributed by atoms with E-state index in [1.807, 2.05) is 12.1 Å². The first-order chi connectivity index (χ1) is 8.79. The van der Waals surface area contributed by atoms with Gasteiger partial charge in [0.1, 0.15) is 5.69 Å². The molecule has 0 atom stereocenters. The standard InChI is InChI=1S/C13H12BrN3O/c14-10-2-1-5-15-12(10)13-16-6-9(7-18)11(17-13)8-3-4-8/h1-2,5-6,8,18H,3-4,7H2. The molecule has 0 aromatic carbocycles.